The molecule has 1 saturated heterocycles. The summed E-state index contributed by atoms with van der Waals surface area (Å²) in [5.41, 5.74) is -2.57. The third-order valence-electron chi connectivity index (χ3n) is 4.53. The van der Waals surface area contributed by atoms with Gasteiger partial charge in [-0.2, -0.15) is 26.3 Å². The van der Waals surface area contributed by atoms with Crippen LogP contribution in [0.4, 0.5) is 31.1 Å². The zero-order valence-electron chi connectivity index (χ0n) is 15.3. The van der Waals surface area contributed by atoms with Crippen molar-refractivity contribution in [1.82, 2.24) is 15.6 Å². The van der Waals surface area contributed by atoms with Gasteiger partial charge in [-0.05, 0) is 36.2 Å². The van der Waals surface area contributed by atoms with Crippen LogP contribution in [-0.2, 0) is 17.1 Å². The van der Waals surface area contributed by atoms with E-state index < -0.39 is 41.2 Å². The number of benzene rings is 1. The number of hydrogen-bond donors (Lipinski definition) is 2. The van der Waals surface area contributed by atoms with Gasteiger partial charge < -0.3 is 15.4 Å². The van der Waals surface area contributed by atoms with Crippen LogP contribution < -0.4 is 10.6 Å². The Balaban J connectivity index is 1.96. The average molecular weight is 433 g/mol. The molecule has 0 bridgehead atoms. The topological polar surface area (TPSA) is 63.2 Å². The van der Waals surface area contributed by atoms with Crippen LogP contribution in [0.25, 0.3) is 0 Å². The minimum absolute atomic E-state index is 0.0185. The van der Waals surface area contributed by atoms with Crippen molar-refractivity contribution in [1.29, 1.82) is 0 Å². The van der Waals surface area contributed by atoms with Crippen LogP contribution in [0.2, 0.25) is 0 Å². The van der Waals surface area contributed by atoms with E-state index in [1.165, 1.54) is 0 Å². The van der Waals surface area contributed by atoms with Crippen LogP contribution in [-0.4, -0.2) is 30.3 Å². The van der Waals surface area contributed by atoms with Gasteiger partial charge in [-0.3, -0.25) is 4.98 Å². The van der Waals surface area contributed by atoms with Gasteiger partial charge in [0, 0.05) is 12.8 Å². The second-order valence-corrected chi connectivity index (χ2v) is 6.67. The van der Waals surface area contributed by atoms with E-state index in [1.54, 1.807) is 0 Å². The van der Waals surface area contributed by atoms with E-state index in [1.807, 2.05) is 0 Å². The molecular weight excluding hydrogens is 416 g/mol. The van der Waals surface area contributed by atoms with Gasteiger partial charge in [0.05, 0.1) is 35.5 Å². The molecule has 2 atom stereocenters. The van der Waals surface area contributed by atoms with Crippen molar-refractivity contribution in [2.24, 2.45) is 0 Å². The van der Waals surface area contributed by atoms with Crippen LogP contribution in [0.3, 0.4) is 0 Å². The number of halogens is 6. The number of ether oxygens (including phenoxy) is 1. The van der Waals surface area contributed by atoms with Gasteiger partial charge in [-0.1, -0.05) is 12.1 Å². The zero-order valence-corrected chi connectivity index (χ0v) is 15.3. The maximum absolute atomic E-state index is 13.5. The van der Waals surface area contributed by atoms with Crippen LogP contribution in [0.5, 0.6) is 0 Å². The second-order valence-electron chi connectivity index (χ2n) is 6.67. The first-order valence-electron chi connectivity index (χ1n) is 8.90. The lowest BCUT2D eigenvalue weighted by Gasteiger charge is -2.23. The number of amides is 2. The standard InChI is InChI=1S/C19H17F6N3O2/c20-18(21,22)12-5-3-11(4-6-12)15(28-17(29)27-13-7-9-30-10-13)16-14(19(23,24)25)2-1-8-26-16/h1-6,8,13,15H,7,9-10H2,(H2,27,28,29)/t13-,15?/m0/s1. The molecule has 2 N–H and O–H groups in total. The van der Waals surface area contributed by atoms with Crippen molar-refractivity contribution in [3.63, 3.8) is 0 Å². The van der Waals surface area contributed by atoms with Crippen molar-refractivity contribution >= 4 is 6.03 Å². The molecule has 0 aliphatic carbocycles. The highest BCUT2D eigenvalue weighted by Gasteiger charge is 2.37. The van der Waals surface area contributed by atoms with E-state index in [-0.39, 0.29) is 18.2 Å². The van der Waals surface area contributed by atoms with Gasteiger partial charge in [0.15, 0.2) is 0 Å². The SMILES string of the molecule is O=C(NC(c1ccc(C(F)(F)F)cc1)c1ncccc1C(F)(F)F)N[C@H]1CCOC1. The molecule has 11 heteroatoms. The summed E-state index contributed by atoms with van der Waals surface area (Å²) >= 11 is 0. The van der Waals surface area contributed by atoms with Crippen molar-refractivity contribution in [3.05, 3.63) is 65.0 Å². The molecule has 0 spiro atoms. The molecular formula is C19H17F6N3O2. The number of hydrogen-bond acceptors (Lipinski definition) is 3. The Kier molecular flexibility index (Phi) is 6.20. The first-order valence-corrected chi connectivity index (χ1v) is 8.90. The van der Waals surface area contributed by atoms with Crippen molar-refractivity contribution in [2.45, 2.75) is 30.9 Å². The van der Waals surface area contributed by atoms with Crippen LogP contribution in [0, 0.1) is 0 Å². The summed E-state index contributed by atoms with van der Waals surface area (Å²) in [6.07, 6.45) is -7.73. The molecule has 1 fully saturated rings. The number of nitrogens with one attached hydrogen (secondary N) is 2. The van der Waals surface area contributed by atoms with Gasteiger partial charge in [-0.25, -0.2) is 4.79 Å². The van der Waals surface area contributed by atoms with Gasteiger partial charge in [-0.15, -0.1) is 0 Å². The number of rotatable bonds is 4. The lowest BCUT2D eigenvalue weighted by atomic mass is 9.98. The Morgan fingerprint density at radius 2 is 1.77 bits per heavy atom. The smallest absolute Gasteiger partial charge is 0.379 e. The summed E-state index contributed by atoms with van der Waals surface area (Å²) in [6.45, 7) is 0.696. The Morgan fingerprint density at radius 3 is 2.33 bits per heavy atom. The fraction of sp³-hybridized carbons (Fsp3) is 0.368. The van der Waals surface area contributed by atoms with Crippen LogP contribution >= 0.6 is 0 Å². The second kappa shape index (κ2) is 8.50. The molecule has 1 aliphatic rings. The Bertz CT molecular complexity index is 877. The number of carbonyl (C=O) groups is 1. The van der Waals surface area contributed by atoms with E-state index in [2.05, 4.69) is 15.6 Å². The molecule has 2 amide bonds. The molecule has 1 unspecified atom stereocenters. The van der Waals surface area contributed by atoms with E-state index in [9.17, 15) is 31.1 Å². The average Bonchev–Trinajstić information content (AvgIpc) is 3.18. The predicted octanol–water partition coefficient (Wildman–Crippen LogP) is 4.30. The van der Waals surface area contributed by atoms with E-state index in [4.69, 9.17) is 4.74 Å². The van der Waals surface area contributed by atoms with Gasteiger partial charge in [0.2, 0.25) is 0 Å². The summed E-state index contributed by atoms with van der Waals surface area (Å²) < 4.78 is 84.1. The van der Waals surface area contributed by atoms with Crippen molar-refractivity contribution in [2.75, 3.05) is 13.2 Å². The maximum atomic E-state index is 13.5. The van der Waals surface area contributed by atoms with E-state index >= 15 is 0 Å². The summed E-state index contributed by atoms with van der Waals surface area (Å²) in [5, 5.41) is 4.98. The van der Waals surface area contributed by atoms with Gasteiger partial charge in [0.25, 0.3) is 0 Å². The monoisotopic (exact) mass is 433 g/mol. The molecule has 2 heterocycles. The number of pyridine rings is 1. The van der Waals surface area contributed by atoms with E-state index in [0.29, 0.717) is 13.0 Å². The number of carbonyl (C=O) groups excluding carboxylic acids is 1. The summed E-state index contributed by atoms with van der Waals surface area (Å²) in [6, 6.07) is 2.87. The molecule has 0 radical (unpaired) electrons. The molecule has 1 aromatic carbocycles. The third kappa shape index (κ3) is 5.21. The highest BCUT2D eigenvalue weighted by molar-refractivity contribution is 5.75. The fourth-order valence-electron chi connectivity index (χ4n) is 3.07. The lowest BCUT2D eigenvalue weighted by Crippen LogP contribution is -2.44. The number of alkyl halides is 6. The zero-order chi connectivity index (χ0) is 21.9. The van der Waals surface area contributed by atoms with Crippen LogP contribution in [0.1, 0.15) is 34.8 Å². The fourth-order valence-corrected chi connectivity index (χ4v) is 3.07. The third-order valence-corrected chi connectivity index (χ3v) is 4.53. The number of aromatic nitrogens is 1. The molecule has 2 aromatic rings. The van der Waals surface area contributed by atoms with Crippen LogP contribution in [0.15, 0.2) is 42.6 Å². The molecule has 1 aromatic heterocycles. The summed E-state index contributed by atoms with van der Waals surface area (Å²) in [7, 11) is 0. The van der Waals surface area contributed by atoms with Gasteiger partial charge in [0.1, 0.15) is 0 Å². The minimum Gasteiger partial charge on any atom is -0.379 e. The lowest BCUT2D eigenvalue weighted by molar-refractivity contribution is -0.139. The molecule has 1 aliphatic heterocycles. The maximum Gasteiger partial charge on any atom is 0.418 e. The molecule has 30 heavy (non-hydrogen) atoms. The largest absolute Gasteiger partial charge is 0.418 e. The number of nitrogens with zero attached hydrogens (tertiary/aromatic N) is 1. The Morgan fingerprint density at radius 1 is 1.07 bits per heavy atom. The molecule has 5 nitrogen and oxygen atoms in total. The summed E-state index contributed by atoms with van der Waals surface area (Å²) in [4.78, 5) is 16.1. The highest BCUT2D eigenvalue weighted by Crippen LogP contribution is 2.36. The quantitative estimate of drug-likeness (QED) is 0.707. The van der Waals surface area contributed by atoms with Gasteiger partial charge >= 0.3 is 18.4 Å². The summed E-state index contributed by atoms with van der Waals surface area (Å²) in [5.74, 6) is 0. The van der Waals surface area contributed by atoms with Crippen molar-refractivity contribution in [3.8, 4) is 0 Å². The molecule has 0 saturated carbocycles. The first-order chi connectivity index (χ1) is 14.1. The number of urea groups is 1. The molecule has 3 rings (SSSR count). The normalized spacial score (nSPS) is 18.1. The predicted molar refractivity (Wildman–Crippen MR) is 93.4 cm³/mol. The minimum atomic E-state index is -4.77. The van der Waals surface area contributed by atoms with E-state index in [0.717, 1.165) is 42.6 Å². The molecule has 162 valence electrons. The Labute approximate surface area is 167 Å². The first kappa shape index (κ1) is 21.9. The van der Waals surface area contributed by atoms with Crippen molar-refractivity contribution < 1.29 is 35.9 Å². The Hall–Kier alpha value is -2.82. The highest BCUT2D eigenvalue weighted by atomic mass is 19.4.